The van der Waals surface area contributed by atoms with E-state index >= 15 is 0 Å². The summed E-state index contributed by atoms with van der Waals surface area (Å²) in [7, 11) is 0. The van der Waals surface area contributed by atoms with Crippen LogP contribution in [0.1, 0.15) is 37.6 Å². The molecule has 0 N–H and O–H groups in total. The van der Waals surface area contributed by atoms with Gasteiger partial charge in [0.1, 0.15) is 11.6 Å². The molecule has 0 aliphatic rings. The van der Waals surface area contributed by atoms with Crippen molar-refractivity contribution in [3.63, 3.8) is 0 Å². The summed E-state index contributed by atoms with van der Waals surface area (Å²) in [6.45, 7) is 6.01. The summed E-state index contributed by atoms with van der Waals surface area (Å²) in [6, 6.07) is 4.44. The lowest BCUT2D eigenvalue weighted by molar-refractivity contribution is 0.100. The Morgan fingerprint density at radius 2 is 2.12 bits per heavy atom. The Balaban J connectivity index is 2.79. The van der Waals surface area contributed by atoms with Crippen molar-refractivity contribution in [1.82, 2.24) is 0 Å². The van der Waals surface area contributed by atoms with Crippen molar-refractivity contribution in [3.8, 4) is 5.75 Å². The molecule has 0 amide bonds. The van der Waals surface area contributed by atoms with E-state index in [4.69, 9.17) is 4.74 Å². The maximum absolute atomic E-state index is 13.4. The summed E-state index contributed by atoms with van der Waals surface area (Å²) in [5, 5.41) is 0. The summed E-state index contributed by atoms with van der Waals surface area (Å²) in [6.07, 6.45) is 0.883. The average molecular weight is 224 g/mol. The van der Waals surface area contributed by atoms with E-state index in [2.05, 4.69) is 13.8 Å². The summed E-state index contributed by atoms with van der Waals surface area (Å²) >= 11 is 0. The van der Waals surface area contributed by atoms with Crippen molar-refractivity contribution in [2.45, 2.75) is 27.2 Å². The fraction of sp³-hybridized carbons (Fsp3) is 0.462. The van der Waals surface area contributed by atoms with Crippen molar-refractivity contribution in [2.75, 3.05) is 6.61 Å². The number of carbonyl (C=O) groups is 1. The van der Waals surface area contributed by atoms with Crippen molar-refractivity contribution in [3.05, 3.63) is 29.6 Å². The van der Waals surface area contributed by atoms with Gasteiger partial charge in [-0.1, -0.05) is 19.9 Å². The second-order valence-electron chi connectivity index (χ2n) is 4.20. The number of benzene rings is 1. The zero-order valence-corrected chi connectivity index (χ0v) is 9.92. The van der Waals surface area contributed by atoms with Crippen LogP contribution in [0.5, 0.6) is 5.75 Å². The molecule has 0 saturated heterocycles. The van der Waals surface area contributed by atoms with Crippen LogP contribution in [0.3, 0.4) is 0 Å². The number of ether oxygens (including phenoxy) is 1. The van der Waals surface area contributed by atoms with Gasteiger partial charge in [0.25, 0.3) is 0 Å². The third-order valence-corrected chi connectivity index (χ3v) is 2.28. The second kappa shape index (κ2) is 5.64. The number of carbonyl (C=O) groups excluding carboxylic acids is 1. The largest absolute Gasteiger partial charge is 0.493 e. The minimum Gasteiger partial charge on any atom is -0.493 e. The van der Waals surface area contributed by atoms with E-state index < -0.39 is 5.82 Å². The smallest absolute Gasteiger partial charge is 0.166 e. The van der Waals surface area contributed by atoms with Crippen molar-refractivity contribution >= 4 is 5.78 Å². The van der Waals surface area contributed by atoms with Gasteiger partial charge in [0.05, 0.1) is 12.2 Å². The summed E-state index contributed by atoms with van der Waals surface area (Å²) in [5.74, 6) is 0.0367. The zero-order valence-electron chi connectivity index (χ0n) is 9.92. The first-order valence-corrected chi connectivity index (χ1v) is 5.44. The molecular weight excluding hydrogens is 207 g/mol. The molecule has 3 heteroatoms. The zero-order chi connectivity index (χ0) is 12.1. The average Bonchev–Trinajstić information content (AvgIpc) is 2.16. The molecule has 0 unspecified atom stereocenters. The first-order chi connectivity index (χ1) is 7.52. The van der Waals surface area contributed by atoms with Gasteiger partial charge in [0.2, 0.25) is 0 Å². The molecule has 0 heterocycles. The third-order valence-electron chi connectivity index (χ3n) is 2.28. The first-order valence-electron chi connectivity index (χ1n) is 5.44. The lowest BCUT2D eigenvalue weighted by Crippen LogP contribution is -2.06. The molecule has 0 radical (unpaired) electrons. The monoisotopic (exact) mass is 224 g/mol. The molecule has 2 nitrogen and oxygen atoms in total. The molecular formula is C13H17FO2. The van der Waals surface area contributed by atoms with E-state index in [0.29, 0.717) is 18.3 Å². The molecule has 0 spiro atoms. The van der Waals surface area contributed by atoms with Crippen LogP contribution in [-0.2, 0) is 0 Å². The number of hydrogen-bond donors (Lipinski definition) is 0. The highest BCUT2D eigenvalue weighted by Gasteiger charge is 2.13. The SMILES string of the molecule is CC(=O)c1c(F)cccc1OCCC(C)C. The van der Waals surface area contributed by atoms with Gasteiger partial charge in [-0.2, -0.15) is 0 Å². The van der Waals surface area contributed by atoms with Crippen molar-refractivity contribution < 1.29 is 13.9 Å². The van der Waals surface area contributed by atoms with Crippen LogP contribution in [0.15, 0.2) is 18.2 Å². The Labute approximate surface area is 95.4 Å². The molecule has 1 aromatic carbocycles. The Morgan fingerprint density at radius 3 is 2.69 bits per heavy atom. The number of ketones is 1. The highest BCUT2D eigenvalue weighted by Crippen LogP contribution is 2.22. The van der Waals surface area contributed by atoms with E-state index in [1.165, 1.54) is 13.0 Å². The maximum Gasteiger partial charge on any atom is 0.166 e. The first kappa shape index (κ1) is 12.7. The molecule has 1 rings (SSSR count). The fourth-order valence-electron chi connectivity index (χ4n) is 1.37. The normalized spacial score (nSPS) is 10.6. The van der Waals surface area contributed by atoms with Gasteiger partial charge < -0.3 is 4.74 Å². The molecule has 0 aliphatic heterocycles. The van der Waals surface area contributed by atoms with Crippen LogP contribution >= 0.6 is 0 Å². The molecule has 0 aliphatic carbocycles. The van der Waals surface area contributed by atoms with Crippen molar-refractivity contribution in [2.24, 2.45) is 5.92 Å². The van der Waals surface area contributed by atoms with Crippen LogP contribution in [-0.4, -0.2) is 12.4 Å². The van der Waals surface area contributed by atoms with E-state index in [1.807, 2.05) is 0 Å². The number of hydrogen-bond acceptors (Lipinski definition) is 2. The van der Waals surface area contributed by atoms with E-state index in [0.717, 1.165) is 6.42 Å². The lowest BCUT2D eigenvalue weighted by Gasteiger charge is -2.11. The highest BCUT2D eigenvalue weighted by atomic mass is 19.1. The van der Waals surface area contributed by atoms with Crippen LogP contribution in [0.4, 0.5) is 4.39 Å². The molecule has 0 atom stereocenters. The minimum atomic E-state index is -0.519. The molecule has 1 aromatic rings. The van der Waals surface area contributed by atoms with Crippen LogP contribution < -0.4 is 4.74 Å². The lowest BCUT2D eigenvalue weighted by atomic mass is 10.1. The highest BCUT2D eigenvalue weighted by molar-refractivity contribution is 5.97. The standard InChI is InChI=1S/C13H17FO2/c1-9(2)7-8-16-12-6-4-5-11(14)13(12)10(3)15/h4-6,9H,7-8H2,1-3H3. The van der Waals surface area contributed by atoms with Gasteiger partial charge in [-0.05, 0) is 31.4 Å². The van der Waals surface area contributed by atoms with E-state index in [9.17, 15) is 9.18 Å². The summed E-state index contributed by atoms with van der Waals surface area (Å²) < 4.78 is 18.8. The molecule has 88 valence electrons. The maximum atomic E-state index is 13.4. The van der Waals surface area contributed by atoms with Crippen LogP contribution in [0, 0.1) is 11.7 Å². The Hall–Kier alpha value is -1.38. The fourth-order valence-corrected chi connectivity index (χ4v) is 1.37. The second-order valence-corrected chi connectivity index (χ2v) is 4.20. The predicted octanol–water partition coefficient (Wildman–Crippen LogP) is 3.45. The predicted molar refractivity (Wildman–Crippen MR) is 61.4 cm³/mol. The number of halogens is 1. The summed E-state index contributed by atoms with van der Waals surface area (Å²) in [4.78, 5) is 11.3. The van der Waals surface area contributed by atoms with Gasteiger partial charge in [0.15, 0.2) is 5.78 Å². The van der Waals surface area contributed by atoms with Gasteiger partial charge >= 0.3 is 0 Å². The topological polar surface area (TPSA) is 26.3 Å². The molecule has 16 heavy (non-hydrogen) atoms. The van der Waals surface area contributed by atoms with E-state index in [-0.39, 0.29) is 11.3 Å². The Kier molecular flexibility index (Phi) is 4.47. The van der Waals surface area contributed by atoms with Gasteiger partial charge in [0, 0.05) is 0 Å². The van der Waals surface area contributed by atoms with Crippen LogP contribution in [0.2, 0.25) is 0 Å². The van der Waals surface area contributed by atoms with Gasteiger partial charge in [-0.15, -0.1) is 0 Å². The van der Waals surface area contributed by atoms with Gasteiger partial charge in [-0.3, -0.25) is 4.79 Å². The molecule has 0 saturated carbocycles. The van der Waals surface area contributed by atoms with E-state index in [1.54, 1.807) is 12.1 Å². The van der Waals surface area contributed by atoms with Gasteiger partial charge in [-0.25, -0.2) is 4.39 Å². The molecule has 0 bridgehead atoms. The number of rotatable bonds is 5. The van der Waals surface area contributed by atoms with Crippen molar-refractivity contribution in [1.29, 1.82) is 0 Å². The molecule has 0 fully saturated rings. The summed E-state index contributed by atoms with van der Waals surface area (Å²) in [5.41, 5.74) is 0.0475. The van der Waals surface area contributed by atoms with Crippen LogP contribution in [0.25, 0.3) is 0 Å². The Morgan fingerprint density at radius 1 is 1.44 bits per heavy atom. The number of Topliss-reactive ketones (excluding diaryl/α,β-unsaturated/α-hetero) is 1. The third kappa shape index (κ3) is 3.33. The Bertz CT molecular complexity index is 372. The quantitative estimate of drug-likeness (QED) is 0.716. The molecule has 0 aromatic heterocycles. The minimum absolute atomic E-state index is 0.0475.